The molecule has 1 N–H and O–H groups in total. The number of carbonyl (C=O) groups excluding carboxylic acids is 2. The molecule has 0 spiro atoms. The van der Waals surface area contributed by atoms with Crippen molar-refractivity contribution in [2.24, 2.45) is 0 Å². The fourth-order valence-electron chi connectivity index (χ4n) is 4.56. The van der Waals surface area contributed by atoms with E-state index < -0.39 is 0 Å². The largest absolute Gasteiger partial charge is 0.334 e. The van der Waals surface area contributed by atoms with Crippen LogP contribution in [0, 0.1) is 0 Å². The first kappa shape index (κ1) is 22.9. The van der Waals surface area contributed by atoms with Crippen molar-refractivity contribution in [3.63, 3.8) is 0 Å². The Balaban J connectivity index is 1.44. The molecule has 2 heterocycles. The van der Waals surface area contributed by atoms with E-state index in [1.807, 2.05) is 66.9 Å². The lowest BCUT2D eigenvalue weighted by Gasteiger charge is -2.29. The fourth-order valence-corrected chi connectivity index (χ4v) is 5.02. The summed E-state index contributed by atoms with van der Waals surface area (Å²) in [6.07, 6.45) is 2.76. The van der Waals surface area contributed by atoms with Crippen LogP contribution in [-0.2, 0) is 24.3 Å². The van der Waals surface area contributed by atoms with Crippen molar-refractivity contribution in [3.8, 4) is 0 Å². The number of amides is 2. The van der Waals surface area contributed by atoms with Gasteiger partial charge in [0, 0.05) is 35.1 Å². The van der Waals surface area contributed by atoms with Gasteiger partial charge >= 0.3 is 0 Å². The molecule has 2 amide bonds. The highest BCUT2D eigenvalue weighted by Crippen LogP contribution is 2.24. The van der Waals surface area contributed by atoms with Gasteiger partial charge in [-0.2, -0.15) is 0 Å². The molecular weight excluding hydrogens is 458 g/mol. The molecule has 35 heavy (non-hydrogen) atoms. The van der Waals surface area contributed by atoms with Gasteiger partial charge in [0.2, 0.25) is 5.91 Å². The number of hydrogen-bond acceptors (Lipinski definition) is 4. The molecule has 0 saturated carbocycles. The van der Waals surface area contributed by atoms with Crippen LogP contribution in [0.2, 0.25) is 0 Å². The van der Waals surface area contributed by atoms with Crippen LogP contribution in [0.3, 0.4) is 0 Å². The number of anilines is 1. The van der Waals surface area contributed by atoms with E-state index in [2.05, 4.69) is 11.4 Å². The summed E-state index contributed by atoms with van der Waals surface area (Å²) >= 11 is 1.59. The average molecular weight is 484 g/mol. The maximum absolute atomic E-state index is 13.5. The minimum atomic E-state index is -0.377. The van der Waals surface area contributed by atoms with Gasteiger partial charge in [-0.15, -0.1) is 11.8 Å². The molecule has 5 rings (SSSR count). The number of nitrogens with one attached hydrogen (secondary N) is 1. The third-order valence-electron chi connectivity index (χ3n) is 6.32. The maximum atomic E-state index is 13.5. The van der Waals surface area contributed by atoms with Crippen LogP contribution in [0.4, 0.5) is 5.69 Å². The van der Waals surface area contributed by atoms with E-state index in [1.54, 1.807) is 22.7 Å². The Hall–Kier alpha value is -3.84. The van der Waals surface area contributed by atoms with Crippen molar-refractivity contribution in [3.05, 3.63) is 106 Å². The lowest BCUT2D eigenvalue weighted by molar-refractivity contribution is -0.116. The molecule has 176 valence electrons. The minimum Gasteiger partial charge on any atom is -0.334 e. The van der Waals surface area contributed by atoms with Gasteiger partial charge < -0.3 is 10.2 Å². The van der Waals surface area contributed by atoms with Gasteiger partial charge in [-0.25, -0.2) is 0 Å². The SMILES string of the molecule is CSc1cccc(NC(=O)Cn2c(=O)cc(C(=O)N3CCc4ccccc4C3)c3ccccc32)c1. The Morgan fingerprint density at radius 3 is 2.54 bits per heavy atom. The summed E-state index contributed by atoms with van der Waals surface area (Å²) in [5, 5.41) is 3.53. The summed E-state index contributed by atoms with van der Waals surface area (Å²) in [6, 6.07) is 24.3. The van der Waals surface area contributed by atoms with E-state index in [0.29, 0.717) is 35.2 Å². The van der Waals surface area contributed by atoms with Crippen LogP contribution >= 0.6 is 11.8 Å². The number of nitrogens with zero attached hydrogens (tertiary/aromatic N) is 2. The monoisotopic (exact) mass is 483 g/mol. The number of fused-ring (bicyclic) bond motifs is 2. The third-order valence-corrected chi connectivity index (χ3v) is 7.05. The maximum Gasteiger partial charge on any atom is 0.255 e. The summed E-state index contributed by atoms with van der Waals surface area (Å²) in [4.78, 5) is 42.3. The Kier molecular flexibility index (Phi) is 6.42. The van der Waals surface area contributed by atoms with Crippen molar-refractivity contribution in [2.75, 3.05) is 18.1 Å². The van der Waals surface area contributed by atoms with Crippen LogP contribution < -0.4 is 10.9 Å². The molecule has 0 unspecified atom stereocenters. The highest BCUT2D eigenvalue weighted by Gasteiger charge is 2.24. The molecule has 0 saturated heterocycles. The van der Waals surface area contributed by atoms with E-state index in [1.165, 1.54) is 16.2 Å². The molecule has 0 aliphatic carbocycles. The first-order chi connectivity index (χ1) is 17.0. The first-order valence-electron chi connectivity index (χ1n) is 11.5. The fraction of sp³-hybridized carbons (Fsp3) is 0.179. The molecule has 7 heteroatoms. The molecule has 6 nitrogen and oxygen atoms in total. The van der Waals surface area contributed by atoms with Crippen molar-refractivity contribution in [1.29, 1.82) is 0 Å². The van der Waals surface area contributed by atoms with Gasteiger partial charge in [0.25, 0.3) is 11.5 Å². The predicted octanol–water partition coefficient (Wildman–Crippen LogP) is 4.56. The van der Waals surface area contributed by atoms with E-state index in [9.17, 15) is 14.4 Å². The number of para-hydroxylation sites is 1. The van der Waals surface area contributed by atoms with Crippen LogP contribution in [0.15, 0.2) is 88.6 Å². The third kappa shape index (κ3) is 4.72. The van der Waals surface area contributed by atoms with Crippen molar-refractivity contribution in [2.45, 2.75) is 24.4 Å². The zero-order valence-corrected chi connectivity index (χ0v) is 20.2. The average Bonchev–Trinajstić information content (AvgIpc) is 2.89. The lowest BCUT2D eigenvalue weighted by Crippen LogP contribution is -2.37. The highest BCUT2D eigenvalue weighted by atomic mass is 32.2. The van der Waals surface area contributed by atoms with Crippen LogP contribution in [-0.4, -0.2) is 34.1 Å². The van der Waals surface area contributed by atoms with Crippen molar-refractivity contribution >= 4 is 40.2 Å². The number of carbonyl (C=O) groups is 2. The summed E-state index contributed by atoms with van der Waals surface area (Å²) in [7, 11) is 0. The van der Waals surface area contributed by atoms with Gasteiger partial charge in [-0.1, -0.05) is 48.5 Å². The second-order valence-corrected chi connectivity index (χ2v) is 9.40. The molecule has 0 atom stereocenters. The van der Waals surface area contributed by atoms with E-state index in [4.69, 9.17) is 0 Å². The molecule has 0 radical (unpaired) electrons. The Morgan fingerprint density at radius 1 is 0.943 bits per heavy atom. The smallest absolute Gasteiger partial charge is 0.255 e. The number of pyridine rings is 1. The molecule has 0 fully saturated rings. The van der Waals surface area contributed by atoms with Crippen molar-refractivity contribution in [1.82, 2.24) is 9.47 Å². The summed E-state index contributed by atoms with van der Waals surface area (Å²) in [6.45, 7) is 0.975. The van der Waals surface area contributed by atoms with Gasteiger partial charge in [0.15, 0.2) is 0 Å². The van der Waals surface area contributed by atoms with Gasteiger partial charge in [-0.05, 0) is 48.1 Å². The van der Waals surface area contributed by atoms with Gasteiger partial charge in [-0.3, -0.25) is 19.0 Å². The zero-order valence-electron chi connectivity index (χ0n) is 19.4. The minimum absolute atomic E-state index is 0.144. The summed E-state index contributed by atoms with van der Waals surface area (Å²) < 4.78 is 1.42. The number of benzene rings is 3. The molecule has 1 aromatic heterocycles. The molecule has 3 aromatic carbocycles. The van der Waals surface area contributed by atoms with E-state index in [-0.39, 0.29) is 23.9 Å². The molecule has 1 aliphatic heterocycles. The first-order valence-corrected chi connectivity index (χ1v) is 12.7. The van der Waals surface area contributed by atoms with E-state index >= 15 is 0 Å². The highest BCUT2D eigenvalue weighted by molar-refractivity contribution is 7.98. The molecular formula is C28H25N3O3S. The van der Waals surface area contributed by atoms with Crippen LogP contribution in [0.25, 0.3) is 10.9 Å². The topological polar surface area (TPSA) is 71.4 Å². The number of hydrogen-bond donors (Lipinski definition) is 1. The Bertz CT molecular complexity index is 1490. The summed E-state index contributed by atoms with van der Waals surface area (Å²) in [5.41, 5.74) is 3.62. The van der Waals surface area contributed by atoms with E-state index in [0.717, 1.165) is 16.9 Å². The standard InChI is InChI=1S/C28H25N3O3S/c1-35-22-10-6-9-21(15-22)29-26(32)18-31-25-12-5-4-11-23(25)24(16-27(31)33)28(34)30-14-13-19-7-2-3-8-20(19)17-30/h2-12,15-16H,13-14,17-18H2,1H3,(H,29,32). The second kappa shape index (κ2) is 9.80. The normalized spacial score (nSPS) is 12.9. The predicted molar refractivity (Wildman–Crippen MR) is 140 cm³/mol. The summed E-state index contributed by atoms with van der Waals surface area (Å²) in [5.74, 6) is -0.472. The van der Waals surface area contributed by atoms with Gasteiger partial charge in [0.1, 0.15) is 6.54 Å². The number of rotatable bonds is 5. The number of aromatic nitrogens is 1. The molecule has 0 bridgehead atoms. The van der Waals surface area contributed by atoms with Crippen LogP contribution in [0.1, 0.15) is 21.5 Å². The van der Waals surface area contributed by atoms with Crippen LogP contribution in [0.5, 0.6) is 0 Å². The second-order valence-electron chi connectivity index (χ2n) is 8.53. The Labute approximate surface area is 207 Å². The molecule has 4 aromatic rings. The molecule has 1 aliphatic rings. The zero-order chi connectivity index (χ0) is 24.4. The van der Waals surface area contributed by atoms with Gasteiger partial charge in [0.05, 0.1) is 11.1 Å². The van der Waals surface area contributed by atoms with Crippen molar-refractivity contribution < 1.29 is 9.59 Å². The lowest BCUT2D eigenvalue weighted by atomic mass is 9.98. The Morgan fingerprint density at radius 2 is 1.71 bits per heavy atom. The quantitative estimate of drug-likeness (QED) is 0.423. The number of thioether (sulfide) groups is 1.